The van der Waals surface area contributed by atoms with Gasteiger partial charge in [-0.3, -0.25) is 9.78 Å². The third kappa shape index (κ3) is 4.04. The Kier molecular flexibility index (Phi) is 5.09. The van der Waals surface area contributed by atoms with Gasteiger partial charge in [-0.25, -0.2) is 0 Å². The molecule has 0 unspecified atom stereocenters. The number of anilines is 1. The van der Waals surface area contributed by atoms with Gasteiger partial charge in [0.2, 0.25) is 0 Å². The molecule has 0 aliphatic rings. The van der Waals surface area contributed by atoms with E-state index in [1.165, 1.54) is 0 Å². The maximum atomic E-state index is 13.1. The molecule has 0 spiro atoms. The van der Waals surface area contributed by atoms with Crippen LogP contribution in [0.3, 0.4) is 0 Å². The Morgan fingerprint density at radius 1 is 1.08 bits per heavy atom. The molecule has 0 saturated heterocycles. The maximum absolute atomic E-state index is 13.1. The number of pyridine rings is 1. The Balaban J connectivity index is 1.96. The van der Waals surface area contributed by atoms with Gasteiger partial charge in [0, 0.05) is 23.6 Å². The van der Waals surface area contributed by atoms with Crippen LogP contribution in [0.5, 0.6) is 5.75 Å². The highest BCUT2D eigenvalue weighted by atomic mass is 16.5. The van der Waals surface area contributed by atoms with Crippen LogP contribution in [-0.4, -0.2) is 18.0 Å². The van der Waals surface area contributed by atoms with Crippen molar-refractivity contribution in [3.05, 3.63) is 89.7 Å². The lowest BCUT2D eigenvalue weighted by Crippen LogP contribution is -2.30. The largest absolute Gasteiger partial charge is 0.497 e. The third-order valence-electron chi connectivity index (χ3n) is 3.96. The summed E-state index contributed by atoms with van der Waals surface area (Å²) in [5.74, 6) is 0.714. The highest BCUT2D eigenvalue weighted by molar-refractivity contribution is 6.06. The second-order valence-corrected chi connectivity index (χ2v) is 5.82. The van der Waals surface area contributed by atoms with Gasteiger partial charge < -0.3 is 9.64 Å². The van der Waals surface area contributed by atoms with Crippen molar-refractivity contribution in [2.24, 2.45) is 0 Å². The number of rotatable bonds is 5. The van der Waals surface area contributed by atoms with E-state index in [0.717, 1.165) is 22.6 Å². The minimum atomic E-state index is -0.0438. The second kappa shape index (κ2) is 7.62. The van der Waals surface area contributed by atoms with Crippen molar-refractivity contribution in [1.82, 2.24) is 4.98 Å². The number of carbonyl (C=O) groups is 1. The fraction of sp³-hybridized carbons (Fsp3) is 0.143. The molecule has 3 aromatic rings. The van der Waals surface area contributed by atoms with Gasteiger partial charge in [0.25, 0.3) is 5.91 Å². The van der Waals surface area contributed by atoms with Crippen LogP contribution in [0.15, 0.2) is 73.1 Å². The highest BCUT2D eigenvalue weighted by Gasteiger charge is 2.18. The molecule has 2 aromatic carbocycles. The lowest BCUT2D eigenvalue weighted by atomic mass is 10.1. The molecule has 1 amide bonds. The minimum Gasteiger partial charge on any atom is -0.497 e. The van der Waals surface area contributed by atoms with E-state index >= 15 is 0 Å². The van der Waals surface area contributed by atoms with Crippen LogP contribution >= 0.6 is 0 Å². The minimum absolute atomic E-state index is 0.0438. The summed E-state index contributed by atoms with van der Waals surface area (Å²) in [4.78, 5) is 19.0. The topological polar surface area (TPSA) is 42.4 Å². The number of hydrogen-bond donors (Lipinski definition) is 0. The van der Waals surface area contributed by atoms with Gasteiger partial charge in [-0.05, 0) is 55.0 Å². The summed E-state index contributed by atoms with van der Waals surface area (Å²) in [6.07, 6.45) is 3.50. The SMILES string of the molecule is COc1ccc(N(Cc2cccnc2)C(=O)c2cccc(C)c2)cc1. The predicted molar refractivity (Wildman–Crippen MR) is 98.9 cm³/mol. The zero-order valence-corrected chi connectivity index (χ0v) is 14.3. The number of nitrogens with zero attached hydrogens (tertiary/aromatic N) is 2. The molecular weight excluding hydrogens is 312 g/mol. The molecule has 126 valence electrons. The number of amides is 1. The summed E-state index contributed by atoms with van der Waals surface area (Å²) in [5.41, 5.74) is 3.51. The molecule has 0 radical (unpaired) electrons. The molecular formula is C21H20N2O2. The molecule has 0 atom stereocenters. The molecule has 0 N–H and O–H groups in total. The van der Waals surface area contributed by atoms with E-state index in [2.05, 4.69) is 4.98 Å². The lowest BCUT2D eigenvalue weighted by Gasteiger charge is -2.23. The van der Waals surface area contributed by atoms with Gasteiger partial charge >= 0.3 is 0 Å². The zero-order chi connectivity index (χ0) is 17.6. The van der Waals surface area contributed by atoms with Gasteiger partial charge in [0.15, 0.2) is 0 Å². The fourth-order valence-corrected chi connectivity index (χ4v) is 2.65. The van der Waals surface area contributed by atoms with Crippen molar-refractivity contribution >= 4 is 11.6 Å². The molecule has 3 rings (SSSR count). The number of methoxy groups -OCH3 is 1. The first-order valence-electron chi connectivity index (χ1n) is 8.09. The Labute approximate surface area is 147 Å². The summed E-state index contributed by atoms with van der Waals surface area (Å²) in [7, 11) is 1.63. The van der Waals surface area contributed by atoms with Crippen molar-refractivity contribution < 1.29 is 9.53 Å². The average Bonchev–Trinajstić information content (AvgIpc) is 2.66. The van der Waals surface area contributed by atoms with Gasteiger partial charge in [0.05, 0.1) is 13.7 Å². The molecule has 0 aliphatic carbocycles. The second-order valence-electron chi connectivity index (χ2n) is 5.82. The van der Waals surface area contributed by atoms with Crippen molar-refractivity contribution in [3.63, 3.8) is 0 Å². The molecule has 4 heteroatoms. The van der Waals surface area contributed by atoms with E-state index in [1.54, 1.807) is 24.4 Å². The lowest BCUT2D eigenvalue weighted by molar-refractivity contribution is 0.0985. The van der Waals surface area contributed by atoms with Crippen LogP contribution in [0.4, 0.5) is 5.69 Å². The maximum Gasteiger partial charge on any atom is 0.258 e. The molecule has 0 aliphatic heterocycles. The summed E-state index contributed by atoms with van der Waals surface area (Å²) < 4.78 is 5.21. The zero-order valence-electron chi connectivity index (χ0n) is 14.3. The number of ether oxygens (including phenoxy) is 1. The normalized spacial score (nSPS) is 10.3. The Hall–Kier alpha value is -3.14. The predicted octanol–water partition coefficient (Wildman–Crippen LogP) is 4.25. The van der Waals surface area contributed by atoms with Gasteiger partial charge in [-0.15, -0.1) is 0 Å². The molecule has 0 saturated carbocycles. The number of carbonyl (C=O) groups excluding carboxylic acids is 1. The Morgan fingerprint density at radius 3 is 2.52 bits per heavy atom. The van der Waals surface area contributed by atoms with Crippen LogP contribution in [0.25, 0.3) is 0 Å². The number of hydrogen-bond acceptors (Lipinski definition) is 3. The monoisotopic (exact) mass is 332 g/mol. The highest BCUT2D eigenvalue weighted by Crippen LogP contribution is 2.23. The Bertz CT molecular complexity index is 845. The summed E-state index contributed by atoms with van der Waals surface area (Å²) in [5, 5.41) is 0. The van der Waals surface area contributed by atoms with E-state index in [9.17, 15) is 4.79 Å². The number of benzene rings is 2. The summed E-state index contributed by atoms with van der Waals surface area (Å²) in [6.45, 7) is 2.43. The van der Waals surface area contributed by atoms with Crippen LogP contribution in [0.2, 0.25) is 0 Å². The van der Waals surface area contributed by atoms with E-state index in [1.807, 2.05) is 67.6 Å². The van der Waals surface area contributed by atoms with E-state index in [4.69, 9.17) is 4.74 Å². The summed E-state index contributed by atoms with van der Waals surface area (Å²) in [6, 6.07) is 19.0. The van der Waals surface area contributed by atoms with Crippen molar-refractivity contribution in [1.29, 1.82) is 0 Å². The molecule has 1 heterocycles. The van der Waals surface area contributed by atoms with E-state index in [-0.39, 0.29) is 5.91 Å². The van der Waals surface area contributed by atoms with Crippen molar-refractivity contribution in [2.75, 3.05) is 12.0 Å². The first kappa shape index (κ1) is 16.7. The molecule has 0 bridgehead atoms. The first-order chi connectivity index (χ1) is 12.2. The number of aryl methyl sites for hydroxylation is 1. The van der Waals surface area contributed by atoms with Crippen LogP contribution < -0.4 is 9.64 Å². The third-order valence-corrected chi connectivity index (χ3v) is 3.96. The van der Waals surface area contributed by atoms with Gasteiger partial charge in [-0.2, -0.15) is 0 Å². The first-order valence-corrected chi connectivity index (χ1v) is 8.09. The molecule has 0 fully saturated rings. The van der Waals surface area contributed by atoms with Crippen molar-refractivity contribution in [3.8, 4) is 5.75 Å². The average molecular weight is 332 g/mol. The van der Waals surface area contributed by atoms with Crippen LogP contribution in [0.1, 0.15) is 21.5 Å². The van der Waals surface area contributed by atoms with Gasteiger partial charge in [0.1, 0.15) is 5.75 Å². The number of aromatic nitrogens is 1. The smallest absolute Gasteiger partial charge is 0.258 e. The Morgan fingerprint density at radius 2 is 1.88 bits per heavy atom. The van der Waals surface area contributed by atoms with Crippen molar-refractivity contribution in [2.45, 2.75) is 13.5 Å². The van der Waals surface area contributed by atoms with Crippen LogP contribution in [-0.2, 0) is 6.54 Å². The molecule has 25 heavy (non-hydrogen) atoms. The van der Waals surface area contributed by atoms with Crippen LogP contribution in [0, 0.1) is 6.92 Å². The standard InChI is InChI=1S/C21H20N2O2/c1-16-5-3-7-18(13-16)21(24)23(15-17-6-4-12-22-14-17)19-8-10-20(25-2)11-9-19/h3-14H,15H2,1-2H3. The molecule has 1 aromatic heterocycles. The van der Waals surface area contributed by atoms with Gasteiger partial charge in [-0.1, -0.05) is 23.8 Å². The van der Waals surface area contributed by atoms with E-state index in [0.29, 0.717) is 12.1 Å². The quantitative estimate of drug-likeness (QED) is 0.701. The van der Waals surface area contributed by atoms with E-state index < -0.39 is 0 Å². The summed E-state index contributed by atoms with van der Waals surface area (Å²) >= 11 is 0. The fourth-order valence-electron chi connectivity index (χ4n) is 2.65. The molecule has 4 nitrogen and oxygen atoms in total.